The van der Waals surface area contributed by atoms with Crippen LogP contribution in [0.1, 0.15) is 149 Å². The molecule has 0 unspecified atom stereocenters. The van der Waals surface area contributed by atoms with Crippen LogP contribution >= 0.6 is 0 Å². The van der Waals surface area contributed by atoms with E-state index in [0.29, 0.717) is 38.9 Å². The van der Waals surface area contributed by atoms with Gasteiger partial charge in [0.15, 0.2) is 0 Å². The van der Waals surface area contributed by atoms with Crippen molar-refractivity contribution in [2.45, 2.75) is 149 Å². The Kier molecular flexibility index (Phi) is 23.8. The monoisotopic (exact) mass is 454 g/mol. The van der Waals surface area contributed by atoms with E-state index in [1.165, 1.54) is 77.0 Å². The highest BCUT2D eigenvalue weighted by molar-refractivity contribution is 5.70. The first-order valence-electron chi connectivity index (χ1n) is 13.9. The quantitative estimate of drug-likeness (QED) is 0.108. The van der Waals surface area contributed by atoms with E-state index >= 15 is 0 Å². The van der Waals surface area contributed by atoms with Crippen LogP contribution in [-0.2, 0) is 19.1 Å². The van der Waals surface area contributed by atoms with Crippen LogP contribution in [0.25, 0.3) is 0 Å². The van der Waals surface area contributed by atoms with Crippen LogP contribution in [0.2, 0.25) is 0 Å². The van der Waals surface area contributed by atoms with Gasteiger partial charge in [0.2, 0.25) is 0 Å². The Balaban J connectivity index is 3.30. The van der Waals surface area contributed by atoms with Gasteiger partial charge in [-0.2, -0.15) is 0 Å². The molecule has 0 aromatic rings. The second kappa shape index (κ2) is 24.6. The predicted octanol–water partition coefficient (Wildman–Crippen LogP) is 8.55. The molecule has 32 heavy (non-hydrogen) atoms. The number of carbonyl (C=O) groups excluding carboxylic acids is 2. The molecule has 0 aliphatic carbocycles. The maximum Gasteiger partial charge on any atom is 0.305 e. The number of esters is 2. The Bertz CT molecular complexity index is 420. The third-order valence-corrected chi connectivity index (χ3v) is 5.96. The van der Waals surface area contributed by atoms with Gasteiger partial charge >= 0.3 is 11.9 Å². The smallest absolute Gasteiger partial charge is 0.305 e. The maximum absolute atomic E-state index is 11.8. The molecule has 4 nitrogen and oxygen atoms in total. The first-order valence-corrected chi connectivity index (χ1v) is 13.9. The van der Waals surface area contributed by atoms with Gasteiger partial charge in [0, 0.05) is 12.8 Å². The van der Waals surface area contributed by atoms with E-state index in [2.05, 4.69) is 20.8 Å². The molecule has 0 aromatic heterocycles. The minimum absolute atomic E-state index is 0.133. The van der Waals surface area contributed by atoms with Crippen molar-refractivity contribution in [2.24, 2.45) is 5.92 Å². The Morgan fingerprint density at radius 3 is 1.31 bits per heavy atom. The fourth-order valence-corrected chi connectivity index (χ4v) is 3.83. The Hall–Kier alpha value is -1.06. The van der Waals surface area contributed by atoms with Gasteiger partial charge in [-0.05, 0) is 31.6 Å². The van der Waals surface area contributed by atoms with Gasteiger partial charge in [0.05, 0.1) is 13.2 Å². The molecular weight excluding hydrogens is 400 g/mol. The highest BCUT2D eigenvalue weighted by Crippen LogP contribution is 2.12. The van der Waals surface area contributed by atoms with Gasteiger partial charge in [0.1, 0.15) is 0 Å². The summed E-state index contributed by atoms with van der Waals surface area (Å²) in [5.74, 6) is 0.526. The zero-order chi connectivity index (χ0) is 23.7. The lowest BCUT2D eigenvalue weighted by Gasteiger charge is -2.07. The summed E-state index contributed by atoms with van der Waals surface area (Å²) in [5.41, 5.74) is 0. The van der Waals surface area contributed by atoms with Crippen LogP contribution in [0, 0.1) is 5.92 Å². The second-order valence-corrected chi connectivity index (χ2v) is 9.78. The van der Waals surface area contributed by atoms with Crippen molar-refractivity contribution < 1.29 is 19.1 Å². The van der Waals surface area contributed by atoms with Crippen LogP contribution in [0.3, 0.4) is 0 Å². The van der Waals surface area contributed by atoms with Crippen LogP contribution in [0.5, 0.6) is 0 Å². The van der Waals surface area contributed by atoms with Crippen molar-refractivity contribution in [1.29, 1.82) is 0 Å². The zero-order valence-electron chi connectivity index (χ0n) is 21.8. The summed E-state index contributed by atoms with van der Waals surface area (Å²) in [6, 6.07) is 0. The van der Waals surface area contributed by atoms with Gasteiger partial charge < -0.3 is 9.47 Å². The van der Waals surface area contributed by atoms with Crippen LogP contribution in [0.15, 0.2) is 0 Å². The number of ether oxygens (including phenoxy) is 2. The summed E-state index contributed by atoms with van der Waals surface area (Å²) >= 11 is 0. The molecule has 0 aromatic carbocycles. The normalized spacial score (nSPS) is 11.1. The molecule has 0 spiro atoms. The molecule has 0 saturated carbocycles. The van der Waals surface area contributed by atoms with Crippen molar-refractivity contribution in [3.05, 3.63) is 0 Å². The molecule has 0 rings (SSSR count). The molecule has 4 heteroatoms. The van der Waals surface area contributed by atoms with Gasteiger partial charge in [-0.1, -0.05) is 111 Å². The molecule has 0 radical (unpaired) electrons. The Morgan fingerprint density at radius 2 is 0.906 bits per heavy atom. The lowest BCUT2D eigenvalue weighted by molar-refractivity contribution is -0.146. The van der Waals surface area contributed by atoms with Crippen LogP contribution in [0.4, 0.5) is 0 Å². The molecule has 0 N–H and O–H groups in total. The Morgan fingerprint density at radius 1 is 0.531 bits per heavy atom. The molecule has 0 fully saturated rings. The standard InChI is InChI=1S/C28H54O4/c1-4-5-6-7-8-9-10-11-14-19-24-31-27(29)22-17-18-23-28(30)32-25-20-15-12-13-16-21-26(2)3/h26H,4-25H2,1-3H3. The van der Waals surface area contributed by atoms with Crippen LogP contribution in [-0.4, -0.2) is 25.2 Å². The average molecular weight is 455 g/mol. The number of carbonyl (C=O) groups is 2. The zero-order valence-corrected chi connectivity index (χ0v) is 21.8. The molecule has 0 saturated heterocycles. The van der Waals surface area contributed by atoms with Gasteiger partial charge in [-0.15, -0.1) is 0 Å². The van der Waals surface area contributed by atoms with Crippen LogP contribution < -0.4 is 0 Å². The van der Waals surface area contributed by atoms with E-state index < -0.39 is 0 Å². The fourth-order valence-electron chi connectivity index (χ4n) is 3.83. The third kappa shape index (κ3) is 25.2. The lowest BCUT2D eigenvalue weighted by atomic mass is 10.0. The topological polar surface area (TPSA) is 52.6 Å². The highest BCUT2D eigenvalue weighted by Gasteiger charge is 2.06. The molecule has 0 atom stereocenters. The SMILES string of the molecule is CCCCCCCCCCCCOC(=O)CCCCC(=O)OCCCCCCCC(C)C. The summed E-state index contributed by atoms with van der Waals surface area (Å²) in [7, 11) is 0. The minimum Gasteiger partial charge on any atom is -0.466 e. The fraction of sp³-hybridized carbons (Fsp3) is 0.929. The second-order valence-electron chi connectivity index (χ2n) is 9.78. The average Bonchev–Trinajstić information content (AvgIpc) is 2.76. The number of hydrogen-bond acceptors (Lipinski definition) is 4. The third-order valence-electron chi connectivity index (χ3n) is 5.96. The molecule has 0 aliphatic rings. The highest BCUT2D eigenvalue weighted by atomic mass is 16.5. The van der Waals surface area contributed by atoms with Crippen molar-refractivity contribution in [3.8, 4) is 0 Å². The molecule has 0 bridgehead atoms. The largest absolute Gasteiger partial charge is 0.466 e. The first-order chi connectivity index (χ1) is 15.6. The molecule has 0 heterocycles. The summed E-state index contributed by atoms with van der Waals surface area (Å²) in [4.78, 5) is 23.5. The predicted molar refractivity (Wildman–Crippen MR) is 135 cm³/mol. The van der Waals surface area contributed by atoms with Gasteiger partial charge in [-0.25, -0.2) is 0 Å². The van der Waals surface area contributed by atoms with Gasteiger partial charge in [0.25, 0.3) is 0 Å². The van der Waals surface area contributed by atoms with E-state index in [9.17, 15) is 9.59 Å². The summed E-state index contributed by atoms with van der Waals surface area (Å²) in [6.45, 7) is 7.85. The number of rotatable bonds is 24. The van der Waals surface area contributed by atoms with Crippen molar-refractivity contribution in [3.63, 3.8) is 0 Å². The summed E-state index contributed by atoms with van der Waals surface area (Å²) in [6.07, 6.45) is 22.2. The molecular formula is C28H54O4. The molecule has 190 valence electrons. The van der Waals surface area contributed by atoms with E-state index in [4.69, 9.17) is 9.47 Å². The maximum atomic E-state index is 11.8. The van der Waals surface area contributed by atoms with Crippen molar-refractivity contribution in [2.75, 3.05) is 13.2 Å². The number of hydrogen-bond donors (Lipinski definition) is 0. The first kappa shape index (κ1) is 30.9. The van der Waals surface area contributed by atoms with Crippen molar-refractivity contribution in [1.82, 2.24) is 0 Å². The van der Waals surface area contributed by atoms with E-state index in [1.807, 2.05) is 0 Å². The van der Waals surface area contributed by atoms with Crippen molar-refractivity contribution >= 4 is 11.9 Å². The summed E-state index contributed by atoms with van der Waals surface area (Å²) in [5, 5.41) is 0. The Labute approximate surface area is 199 Å². The van der Waals surface area contributed by atoms with E-state index in [0.717, 1.165) is 31.6 Å². The summed E-state index contributed by atoms with van der Waals surface area (Å²) < 4.78 is 10.6. The van der Waals surface area contributed by atoms with E-state index in [1.54, 1.807) is 0 Å². The number of unbranched alkanes of at least 4 members (excludes halogenated alkanes) is 14. The molecule has 0 amide bonds. The lowest BCUT2D eigenvalue weighted by Crippen LogP contribution is -2.08. The van der Waals surface area contributed by atoms with Gasteiger partial charge in [-0.3, -0.25) is 9.59 Å². The van der Waals surface area contributed by atoms with E-state index in [-0.39, 0.29) is 11.9 Å². The molecule has 0 aliphatic heterocycles. The minimum atomic E-state index is -0.136.